The van der Waals surface area contributed by atoms with Gasteiger partial charge in [0.1, 0.15) is 11.8 Å². The fraction of sp³-hybridized carbons (Fsp3) is 0.500. The SMILES string of the molecule is CC1CCN(c2ccc(C#N)nc2)CC1N. The van der Waals surface area contributed by atoms with E-state index in [2.05, 4.69) is 16.8 Å². The molecule has 2 unspecified atom stereocenters. The van der Waals surface area contributed by atoms with Crippen molar-refractivity contribution in [2.75, 3.05) is 18.0 Å². The van der Waals surface area contributed by atoms with Crippen molar-refractivity contribution in [1.29, 1.82) is 5.26 Å². The third-order valence-electron chi connectivity index (χ3n) is 3.24. The molecule has 0 spiro atoms. The zero-order valence-electron chi connectivity index (χ0n) is 9.43. The molecule has 2 atom stereocenters. The van der Waals surface area contributed by atoms with Gasteiger partial charge in [0.2, 0.25) is 0 Å². The highest BCUT2D eigenvalue weighted by atomic mass is 15.2. The summed E-state index contributed by atoms with van der Waals surface area (Å²) in [7, 11) is 0. The quantitative estimate of drug-likeness (QED) is 0.764. The molecule has 16 heavy (non-hydrogen) atoms. The molecule has 1 aromatic rings. The van der Waals surface area contributed by atoms with E-state index in [-0.39, 0.29) is 6.04 Å². The predicted molar refractivity (Wildman–Crippen MR) is 62.9 cm³/mol. The van der Waals surface area contributed by atoms with Gasteiger partial charge in [-0.1, -0.05) is 6.92 Å². The van der Waals surface area contributed by atoms with Gasteiger partial charge in [-0.3, -0.25) is 0 Å². The largest absolute Gasteiger partial charge is 0.369 e. The zero-order valence-corrected chi connectivity index (χ0v) is 9.43. The Labute approximate surface area is 95.7 Å². The smallest absolute Gasteiger partial charge is 0.140 e. The third-order valence-corrected chi connectivity index (χ3v) is 3.24. The molecule has 4 nitrogen and oxygen atoms in total. The molecule has 2 rings (SSSR count). The van der Waals surface area contributed by atoms with Gasteiger partial charge >= 0.3 is 0 Å². The van der Waals surface area contributed by atoms with E-state index in [1.54, 1.807) is 12.3 Å². The van der Waals surface area contributed by atoms with Gasteiger partial charge in [-0.2, -0.15) is 5.26 Å². The maximum absolute atomic E-state index is 8.67. The lowest BCUT2D eigenvalue weighted by molar-refractivity contribution is 0.379. The minimum absolute atomic E-state index is 0.226. The summed E-state index contributed by atoms with van der Waals surface area (Å²) in [6.45, 7) is 4.08. The Morgan fingerprint density at radius 3 is 2.94 bits per heavy atom. The summed E-state index contributed by atoms with van der Waals surface area (Å²) < 4.78 is 0. The molecule has 1 aromatic heterocycles. The number of anilines is 1. The number of rotatable bonds is 1. The molecule has 1 aliphatic heterocycles. The van der Waals surface area contributed by atoms with Gasteiger partial charge < -0.3 is 10.6 Å². The van der Waals surface area contributed by atoms with E-state index in [0.29, 0.717) is 11.6 Å². The van der Waals surface area contributed by atoms with E-state index in [9.17, 15) is 0 Å². The maximum atomic E-state index is 8.67. The van der Waals surface area contributed by atoms with Crippen LogP contribution in [0.5, 0.6) is 0 Å². The summed E-state index contributed by atoms with van der Waals surface area (Å²) in [5.41, 5.74) is 7.56. The molecule has 0 aromatic carbocycles. The Balaban J connectivity index is 2.10. The molecule has 0 radical (unpaired) electrons. The molecule has 2 N–H and O–H groups in total. The number of nitriles is 1. The maximum Gasteiger partial charge on any atom is 0.140 e. The summed E-state index contributed by atoms with van der Waals surface area (Å²) in [5.74, 6) is 0.586. The van der Waals surface area contributed by atoms with E-state index >= 15 is 0 Å². The van der Waals surface area contributed by atoms with Gasteiger partial charge in [-0.15, -0.1) is 0 Å². The fourth-order valence-electron chi connectivity index (χ4n) is 1.97. The highest BCUT2D eigenvalue weighted by Crippen LogP contribution is 2.21. The second kappa shape index (κ2) is 4.50. The first-order valence-electron chi connectivity index (χ1n) is 5.57. The Morgan fingerprint density at radius 1 is 1.56 bits per heavy atom. The lowest BCUT2D eigenvalue weighted by Gasteiger charge is -2.36. The van der Waals surface area contributed by atoms with E-state index < -0.39 is 0 Å². The van der Waals surface area contributed by atoms with Crippen LogP contribution in [0.4, 0.5) is 5.69 Å². The first kappa shape index (κ1) is 10.9. The number of nitrogens with two attached hydrogens (primary N) is 1. The van der Waals surface area contributed by atoms with Crippen molar-refractivity contribution in [2.45, 2.75) is 19.4 Å². The van der Waals surface area contributed by atoms with Crippen molar-refractivity contribution in [3.8, 4) is 6.07 Å². The Morgan fingerprint density at radius 2 is 2.38 bits per heavy atom. The first-order valence-corrected chi connectivity index (χ1v) is 5.57. The van der Waals surface area contributed by atoms with Gasteiger partial charge in [-0.25, -0.2) is 4.98 Å². The first-order chi connectivity index (χ1) is 7.70. The van der Waals surface area contributed by atoms with E-state index in [1.807, 2.05) is 12.1 Å². The van der Waals surface area contributed by atoms with Crippen molar-refractivity contribution in [2.24, 2.45) is 11.7 Å². The second-order valence-corrected chi connectivity index (χ2v) is 4.39. The highest BCUT2D eigenvalue weighted by Gasteiger charge is 2.23. The van der Waals surface area contributed by atoms with Crippen molar-refractivity contribution in [3.05, 3.63) is 24.0 Å². The number of aromatic nitrogens is 1. The van der Waals surface area contributed by atoms with E-state index in [0.717, 1.165) is 25.2 Å². The average molecular weight is 216 g/mol. The van der Waals surface area contributed by atoms with Crippen molar-refractivity contribution in [3.63, 3.8) is 0 Å². The summed E-state index contributed by atoms with van der Waals surface area (Å²) >= 11 is 0. The van der Waals surface area contributed by atoms with Crippen molar-refractivity contribution in [1.82, 2.24) is 4.98 Å². The predicted octanol–water partition coefficient (Wildman–Crippen LogP) is 1.13. The topological polar surface area (TPSA) is 65.9 Å². The van der Waals surface area contributed by atoms with E-state index in [4.69, 9.17) is 11.0 Å². The Hall–Kier alpha value is -1.60. The average Bonchev–Trinajstić information content (AvgIpc) is 2.33. The molecule has 4 heteroatoms. The summed E-state index contributed by atoms with van der Waals surface area (Å²) in [5, 5.41) is 8.67. The zero-order chi connectivity index (χ0) is 11.5. The van der Waals surface area contributed by atoms with Crippen LogP contribution in [0.25, 0.3) is 0 Å². The molecule has 1 aliphatic rings. The molecule has 0 amide bonds. The van der Waals surface area contributed by atoms with E-state index in [1.165, 1.54) is 0 Å². The van der Waals surface area contributed by atoms with Crippen LogP contribution in [0.1, 0.15) is 19.0 Å². The summed E-state index contributed by atoms with van der Waals surface area (Å²) in [6.07, 6.45) is 2.86. The highest BCUT2D eigenvalue weighted by molar-refractivity contribution is 5.46. The van der Waals surface area contributed by atoms with Crippen LogP contribution >= 0.6 is 0 Å². The Kier molecular flexibility index (Phi) is 3.07. The monoisotopic (exact) mass is 216 g/mol. The Bertz CT molecular complexity index is 392. The standard InChI is InChI=1S/C12H16N4/c1-9-4-5-16(8-12(9)14)11-3-2-10(6-13)15-7-11/h2-3,7,9,12H,4-5,8,14H2,1H3. The van der Waals surface area contributed by atoms with Gasteiger partial charge in [0.05, 0.1) is 11.9 Å². The number of pyridine rings is 1. The van der Waals surface area contributed by atoms with Crippen LogP contribution in [-0.4, -0.2) is 24.1 Å². The second-order valence-electron chi connectivity index (χ2n) is 4.39. The van der Waals surface area contributed by atoms with Gasteiger partial charge in [0, 0.05) is 19.1 Å². The molecular formula is C12H16N4. The van der Waals surface area contributed by atoms with Crippen LogP contribution < -0.4 is 10.6 Å². The fourth-order valence-corrected chi connectivity index (χ4v) is 1.97. The summed E-state index contributed by atoms with van der Waals surface area (Å²) in [6, 6.07) is 5.93. The number of piperidine rings is 1. The molecule has 0 aliphatic carbocycles. The van der Waals surface area contributed by atoms with Crippen molar-refractivity contribution < 1.29 is 0 Å². The van der Waals surface area contributed by atoms with Crippen LogP contribution in [0, 0.1) is 17.2 Å². The number of hydrogen-bond acceptors (Lipinski definition) is 4. The molecule has 0 saturated carbocycles. The lowest BCUT2D eigenvalue weighted by Crippen LogP contribution is -2.47. The number of hydrogen-bond donors (Lipinski definition) is 1. The van der Waals surface area contributed by atoms with Gasteiger partial charge in [0.15, 0.2) is 0 Å². The minimum atomic E-state index is 0.226. The van der Waals surface area contributed by atoms with Crippen molar-refractivity contribution >= 4 is 5.69 Å². The van der Waals surface area contributed by atoms with Crippen LogP contribution in [0.2, 0.25) is 0 Å². The van der Waals surface area contributed by atoms with Gasteiger partial charge in [0.25, 0.3) is 0 Å². The molecular weight excluding hydrogens is 200 g/mol. The summed E-state index contributed by atoms with van der Waals surface area (Å²) in [4.78, 5) is 6.31. The van der Waals surface area contributed by atoms with Crippen LogP contribution in [-0.2, 0) is 0 Å². The van der Waals surface area contributed by atoms with Crippen LogP contribution in [0.15, 0.2) is 18.3 Å². The molecule has 84 valence electrons. The normalized spacial score (nSPS) is 25.2. The molecule has 1 saturated heterocycles. The molecule has 1 fully saturated rings. The van der Waals surface area contributed by atoms with Gasteiger partial charge in [-0.05, 0) is 24.5 Å². The third kappa shape index (κ3) is 2.15. The molecule has 0 bridgehead atoms. The molecule has 2 heterocycles. The lowest BCUT2D eigenvalue weighted by atomic mass is 9.94. The minimum Gasteiger partial charge on any atom is -0.369 e. The van der Waals surface area contributed by atoms with Crippen LogP contribution in [0.3, 0.4) is 0 Å². The number of nitrogens with zero attached hydrogens (tertiary/aromatic N) is 3.